The van der Waals surface area contributed by atoms with Crippen LogP contribution in [0.2, 0.25) is 0 Å². The van der Waals surface area contributed by atoms with E-state index >= 15 is 0 Å². The van der Waals surface area contributed by atoms with Crippen LogP contribution in [0.1, 0.15) is 26.7 Å². The van der Waals surface area contributed by atoms with Gasteiger partial charge in [-0.2, -0.15) is 0 Å². The van der Waals surface area contributed by atoms with Gasteiger partial charge in [0.25, 0.3) is 0 Å². The molecule has 2 aliphatic rings. The number of halogens is 1. The van der Waals surface area contributed by atoms with E-state index in [-0.39, 0.29) is 5.41 Å². The van der Waals surface area contributed by atoms with E-state index in [4.69, 9.17) is 0 Å². The second-order valence-electron chi connectivity index (χ2n) is 5.34. The van der Waals surface area contributed by atoms with Crippen molar-refractivity contribution in [1.82, 2.24) is 4.90 Å². The van der Waals surface area contributed by atoms with Gasteiger partial charge >= 0.3 is 0 Å². The lowest BCUT2D eigenvalue weighted by atomic mass is 10.1. The molecule has 1 aliphatic carbocycles. The molecule has 2 unspecified atom stereocenters. The fourth-order valence-electron chi connectivity index (χ4n) is 2.27. The molecule has 2 atom stereocenters. The maximum absolute atomic E-state index is 12.0. The normalized spacial score (nSPS) is 34.6. The van der Waals surface area contributed by atoms with Crippen molar-refractivity contribution in [2.24, 2.45) is 17.3 Å². The molecule has 2 fully saturated rings. The van der Waals surface area contributed by atoms with Gasteiger partial charge in [-0.15, -0.1) is 0 Å². The van der Waals surface area contributed by atoms with Crippen LogP contribution in [0.4, 0.5) is 0 Å². The Kier molecular flexibility index (Phi) is 2.63. The smallest absolute Gasteiger partial charge is 0.226 e. The zero-order valence-corrected chi connectivity index (χ0v) is 10.5. The van der Waals surface area contributed by atoms with Crippen LogP contribution >= 0.6 is 15.9 Å². The molecule has 14 heavy (non-hydrogen) atoms. The molecule has 0 N–H and O–H groups in total. The van der Waals surface area contributed by atoms with Gasteiger partial charge in [0.2, 0.25) is 5.91 Å². The van der Waals surface area contributed by atoms with Gasteiger partial charge in [0.15, 0.2) is 0 Å². The fourth-order valence-corrected chi connectivity index (χ4v) is 2.80. The van der Waals surface area contributed by atoms with Crippen molar-refractivity contribution in [2.75, 3.05) is 18.4 Å². The van der Waals surface area contributed by atoms with E-state index in [1.807, 2.05) is 0 Å². The molecule has 0 spiro atoms. The average molecular weight is 260 g/mol. The molecule has 1 heterocycles. The SMILES string of the molecule is CC1(C)CC1C(=O)N1CCC(CBr)C1. The summed E-state index contributed by atoms with van der Waals surface area (Å²) < 4.78 is 0. The van der Waals surface area contributed by atoms with Crippen molar-refractivity contribution in [3.05, 3.63) is 0 Å². The highest BCUT2D eigenvalue weighted by atomic mass is 79.9. The number of hydrogen-bond acceptors (Lipinski definition) is 1. The summed E-state index contributed by atoms with van der Waals surface area (Å²) in [5, 5.41) is 1.03. The van der Waals surface area contributed by atoms with Gasteiger partial charge in [-0.1, -0.05) is 29.8 Å². The molecule has 2 nitrogen and oxygen atoms in total. The molecule has 0 aromatic heterocycles. The van der Waals surface area contributed by atoms with Crippen molar-refractivity contribution in [3.8, 4) is 0 Å². The molecule has 3 heteroatoms. The van der Waals surface area contributed by atoms with Crippen LogP contribution in [-0.4, -0.2) is 29.2 Å². The molecular formula is C11H18BrNO. The Bertz CT molecular complexity index is 252. The Morgan fingerprint density at radius 2 is 2.21 bits per heavy atom. The summed E-state index contributed by atoms with van der Waals surface area (Å²) in [7, 11) is 0. The van der Waals surface area contributed by atoms with E-state index in [1.165, 1.54) is 6.42 Å². The van der Waals surface area contributed by atoms with Crippen LogP contribution < -0.4 is 0 Å². The zero-order chi connectivity index (χ0) is 10.3. The molecular weight excluding hydrogens is 242 g/mol. The van der Waals surface area contributed by atoms with Crippen LogP contribution in [0.15, 0.2) is 0 Å². The Labute approximate surface area is 94.2 Å². The monoisotopic (exact) mass is 259 g/mol. The van der Waals surface area contributed by atoms with Gasteiger partial charge in [0.1, 0.15) is 0 Å². The Hall–Kier alpha value is -0.0500. The molecule has 1 amide bonds. The Morgan fingerprint density at radius 1 is 1.57 bits per heavy atom. The second-order valence-corrected chi connectivity index (χ2v) is 5.99. The summed E-state index contributed by atoms with van der Waals surface area (Å²) in [6, 6.07) is 0. The number of carbonyl (C=O) groups excluding carboxylic acids is 1. The Balaban J connectivity index is 1.89. The van der Waals surface area contributed by atoms with E-state index in [0.717, 1.165) is 24.8 Å². The van der Waals surface area contributed by atoms with Crippen molar-refractivity contribution in [1.29, 1.82) is 0 Å². The minimum atomic E-state index is 0.281. The first kappa shape index (κ1) is 10.5. The van der Waals surface area contributed by atoms with Crippen molar-refractivity contribution in [2.45, 2.75) is 26.7 Å². The first-order valence-electron chi connectivity index (χ1n) is 5.39. The number of likely N-dealkylation sites (tertiary alicyclic amines) is 1. The van der Waals surface area contributed by atoms with E-state index in [1.54, 1.807) is 0 Å². The highest BCUT2D eigenvalue weighted by molar-refractivity contribution is 9.09. The molecule has 1 saturated carbocycles. The summed E-state index contributed by atoms with van der Waals surface area (Å²) in [4.78, 5) is 14.1. The van der Waals surface area contributed by atoms with Gasteiger partial charge in [0, 0.05) is 24.3 Å². The van der Waals surface area contributed by atoms with Crippen LogP contribution in [0, 0.1) is 17.3 Å². The molecule has 0 bridgehead atoms. The topological polar surface area (TPSA) is 20.3 Å². The third-order valence-corrected chi connectivity index (χ3v) is 4.54. The van der Waals surface area contributed by atoms with Gasteiger partial charge in [-0.05, 0) is 24.2 Å². The molecule has 80 valence electrons. The largest absolute Gasteiger partial charge is 0.342 e. The van der Waals surface area contributed by atoms with Crippen LogP contribution in [0.25, 0.3) is 0 Å². The number of hydrogen-bond donors (Lipinski definition) is 0. The first-order chi connectivity index (χ1) is 6.54. The van der Waals surface area contributed by atoms with Crippen LogP contribution in [0.3, 0.4) is 0 Å². The Morgan fingerprint density at radius 3 is 2.64 bits per heavy atom. The average Bonchev–Trinajstić information content (AvgIpc) is 2.64. The maximum atomic E-state index is 12.0. The molecule has 0 aromatic rings. The minimum Gasteiger partial charge on any atom is -0.342 e. The van der Waals surface area contributed by atoms with Gasteiger partial charge in [0.05, 0.1) is 0 Å². The number of amides is 1. The highest BCUT2D eigenvalue weighted by Crippen LogP contribution is 2.52. The summed E-state index contributed by atoms with van der Waals surface area (Å²) in [6.07, 6.45) is 2.26. The predicted octanol–water partition coefficient (Wildman–Crippen LogP) is 2.28. The predicted molar refractivity (Wildman–Crippen MR) is 60.4 cm³/mol. The summed E-state index contributed by atoms with van der Waals surface area (Å²) in [5.74, 6) is 1.40. The zero-order valence-electron chi connectivity index (χ0n) is 8.92. The third kappa shape index (κ3) is 1.83. The quantitative estimate of drug-likeness (QED) is 0.697. The lowest BCUT2D eigenvalue weighted by molar-refractivity contribution is -0.132. The van der Waals surface area contributed by atoms with Crippen molar-refractivity contribution < 1.29 is 4.79 Å². The van der Waals surface area contributed by atoms with E-state index < -0.39 is 0 Å². The number of carbonyl (C=O) groups is 1. The highest BCUT2D eigenvalue weighted by Gasteiger charge is 2.52. The summed E-state index contributed by atoms with van der Waals surface area (Å²) >= 11 is 3.49. The second kappa shape index (κ2) is 3.51. The summed E-state index contributed by atoms with van der Waals surface area (Å²) in [6.45, 7) is 6.32. The van der Waals surface area contributed by atoms with Crippen LogP contribution in [0.5, 0.6) is 0 Å². The van der Waals surface area contributed by atoms with Gasteiger partial charge in [-0.25, -0.2) is 0 Å². The van der Waals surface area contributed by atoms with Crippen molar-refractivity contribution in [3.63, 3.8) is 0 Å². The standard InChI is InChI=1S/C11H18BrNO/c1-11(2)5-9(11)10(14)13-4-3-8(6-12)7-13/h8-9H,3-7H2,1-2H3. The van der Waals surface area contributed by atoms with Gasteiger partial charge in [-0.3, -0.25) is 4.79 Å². The molecule has 0 aromatic carbocycles. The molecule has 2 rings (SSSR count). The molecule has 1 saturated heterocycles. The number of rotatable bonds is 2. The fraction of sp³-hybridized carbons (Fsp3) is 0.909. The lowest BCUT2D eigenvalue weighted by Gasteiger charge is -2.17. The number of nitrogens with zero attached hydrogens (tertiary/aromatic N) is 1. The molecule has 1 aliphatic heterocycles. The molecule has 0 radical (unpaired) electrons. The van der Waals surface area contributed by atoms with E-state index in [9.17, 15) is 4.79 Å². The third-order valence-electron chi connectivity index (χ3n) is 3.63. The first-order valence-corrected chi connectivity index (χ1v) is 6.51. The summed E-state index contributed by atoms with van der Waals surface area (Å²) in [5.41, 5.74) is 0.281. The van der Waals surface area contributed by atoms with Crippen LogP contribution in [-0.2, 0) is 4.79 Å². The van der Waals surface area contributed by atoms with E-state index in [0.29, 0.717) is 17.7 Å². The number of alkyl halides is 1. The lowest BCUT2D eigenvalue weighted by Crippen LogP contribution is -2.31. The van der Waals surface area contributed by atoms with E-state index in [2.05, 4.69) is 34.7 Å². The van der Waals surface area contributed by atoms with Gasteiger partial charge < -0.3 is 4.90 Å². The van der Waals surface area contributed by atoms with Crippen molar-refractivity contribution >= 4 is 21.8 Å². The maximum Gasteiger partial charge on any atom is 0.226 e. The minimum absolute atomic E-state index is 0.281.